The van der Waals surface area contributed by atoms with Gasteiger partial charge in [0.05, 0.1) is 0 Å². The fourth-order valence-corrected chi connectivity index (χ4v) is 4.93. The minimum absolute atomic E-state index is 0.283. The van der Waals surface area contributed by atoms with Gasteiger partial charge in [0.15, 0.2) is 0 Å². The molecule has 0 heterocycles. The third-order valence-corrected chi connectivity index (χ3v) is 6.75. The Morgan fingerprint density at radius 3 is 2.86 bits per heavy atom. The number of rotatable bonds is 5. The van der Waals surface area contributed by atoms with E-state index in [0.717, 1.165) is 31.4 Å². The van der Waals surface area contributed by atoms with Gasteiger partial charge in [-0.2, -0.15) is 0 Å². The van der Waals surface area contributed by atoms with E-state index in [2.05, 4.69) is 75.0 Å². The molecular formula is C27H33N. The third-order valence-electron chi connectivity index (χ3n) is 6.75. The summed E-state index contributed by atoms with van der Waals surface area (Å²) in [6, 6.07) is 4.88. The fraction of sp³-hybridized carbons (Fsp3) is 0.407. The summed E-state index contributed by atoms with van der Waals surface area (Å²) in [7, 11) is 0. The Kier molecular flexibility index (Phi) is 5.19. The maximum atomic E-state index is 4.31. The molecule has 0 aliphatic heterocycles. The van der Waals surface area contributed by atoms with Crippen molar-refractivity contribution >= 4 is 6.08 Å². The van der Waals surface area contributed by atoms with Crippen molar-refractivity contribution in [2.45, 2.75) is 58.8 Å². The molecule has 1 heteroatoms. The highest BCUT2D eigenvalue weighted by Gasteiger charge is 2.35. The van der Waals surface area contributed by atoms with Crippen molar-refractivity contribution in [3.8, 4) is 0 Å². The molecule has 1 aromatic rings. The summed E-state index contributed by atoms with van der Waals surface area (Å²) in [6.45, 7) is 13.3. The number of nitrogens with one attached hydrogen (secondary N) is 1. The zero-order chi connectivity index (χ0) is 19.7. The van der Waals surface area contributed by atoms with Crippen LogP contribution in [-0.4, -0.2) is 0 Å². The smallest absolute Gasteiger partial charge is 0.00764 e. The average Bonchev–Trinajstić information content (AvgIpc) is 3.14. The van der Waals surface area contributed by atoms with E-state index in [-0.39, 0.29) is 5.41 Å². The molecule has 0 radical (unpaired) electrons. The van der Waals surface area contributed by atoms with Crippen LogP contribution in [0.2, 0.25) is 0 Å². The monoisotopic (exact) mass is 371 g/mol. The van der Waals surface area contributed by atoms with Crippen LogP contribution in [0.25, 0.3) is 6.08 Å². The van der Waals surface area contributed by atoms with Gasteiger partial charge < -0.3 is 5.32 Å². The van der Waals surface area contributed by atoms with Gasteiger partial charge in [0.1, 0.15) is 0 Å². The molecular weight excluding hydrogens is 338 g/mol. The molecule has 1 aromatic carbocycles. The predicted molar refractivity (Wildman–Crippen MR) is 121 cm³/mol. The summed E-state index contributed by atoms with van der Waals surface area (Å²) in [5, 5.41) is 3.44. The number of fused-ring (bicyclic) bond motifs is 2. The van der Waals surface area contributed by atoms with Crippen LogP contribution in [0.4, 0.5) is 0 Å². The molecule has 3 aliphatic rings. The Balaban J connectivity index is 1.45. The van der Waals surface area contributed by atoms with Gasteiger partial charge in [-0.05, 0) is 84.6 Å². The van der Waals surface area contributed by atoms with Crippen molar-refractivity contribution in [2.75, 3.05) is 0 Å². The third kappa shape index (κ3) is 4.09. The zero-order valence-corrected chi connectivity index (χ0v) is 17.5. The highest BCUT2D eigenvalue weighted by molar-refractivity contribution is 5.63. The lowest BCUT2D eigenvalue weighted by Crippen LogP contribution is -2.34. The largest absolute Gasteiger partial charge is 0.365 e. The van der Waals surface area contributed by atoms with Crippen molar-refractivity contribution < 1.29 is 0 Å². The lowest BCUT2D eigenvalue weighted by Gasteiger charge is -2.41. The van der Waals surface area contributed by atoms with E-state index in [4.69, 9.17) is 0 Å². The Bertz CT molecular complexity index is 891. The molecule has 0 saturated heterocycles. The van der Waals surface area contributed by atoms with Crippen molar-refractivity contribution in [1.29, 1.82) is 0 Å². The number of benzene rings is 1. The van der Waals surface area contributed by atoms with Gasteiger partial charge in [-0.15, -0.1) is 0 Å². The molecule has 4 rings (SSSR count). The van der Waals surface area contributed by atoms with Crippen LogP contribution in [0.3, 0.4) is 0 Å². The number of allylic oxidation sites excluding steroid dienone is 6. The Hall–Kier alpha value is -2.28. The van der Waals surface area contributed by atoms with Crippen LogP contribution in [-0.2, 0) is 19.3 Å². The average molecular weight is 372 g/mol. The van der Waals surface area contributed by atoms with Crippen LogP contribution < -0.4 is 5.32 Å². The van der Waals surface area contributed by atoms with E-state index in [1.807, 2.05) is 0 Å². The summed E-state index contributed by atoms with van der Waals surface area (Å²) in [5.74, 6) is 0.611. The van der Waals surface area contributed by atoms with E-state index in [0.29, 0.717) is 5.92 Å². The molecule has 0 bridgehead atoms. The van der Waals surface area contributed by atoms with E-state index < -0.39 is 0 Å². The molecule has 146 valence electrons. The topological polar surface area (TPSA) is 12.0 Å². The lowest BCUT2D eigenvalue weighted by molar-refractivity contribution is 0.190. The van der Waals surface area contributed by atoms with E-state index in [1.165, 1.54) is 52.7 Å². The van der Waals surface area contributed by atoms with Gasteiger partial charge in [0.25, 0.3) is 0 Å². The minimum Gasteiger partial charge on any atom is -0.365 e. The molecule has 0 amide bonds. The first kappa shape index (κ1) is 19.1. The first-order valence-corrected chi connectivity index (χ1v) is 10.7. The molecule has 1 atom stereocenters. The van der Waals surface area contributed by atoms with Crippen molar-refractivity contribution in [1.82, 2.24) is 5.32 Å². The van der Waals surface area contributed by atoms with Crippen LogP contribution in [0.5, 0.6) is 0 Å². The highest BCUT2D eigenvalue weighted by Crippen LogP contribution is 2.43. The summed E-state index contributed by atoms with van der Waals surface area (Å²) in [4.78, 5) is 0. The van der Waals surface area contributed by atoms with Gasteiger partial charge in [0, 0.05) is 11.9 Å². The molecule has 1 N–H and O–H groups in total. The SMILES string of the molecule is C=C1C=Cc2cc3c(cc2C1)CC(C)(C)C(CC(=C)N/C=C/C1=CCCC1)C3. The maximum absolute atomic E-state index is 4.31. The van der Waals surface area contributed by atoms with E-state index in [9.17, 15) is 0 Å². The quantitative estimate of drug-likeness (QED) is 0.609. The molecule has 1 nitrogen and oxygen atoms in total. The molecule has 0 aromatic heterocycles. The molecule has 28 heavy (non-hydrogen) atoms. The van der Waals surface area contributed by atoms with Gasteiger partial charge in [-0.1, -0.05) is 68.5 Å². The number of hydrogen-bond acceptors (Lipinski definition) is 1. The first-order valence-electron chi connectivity index (χ1n) is 10.7. The minimum atomic E-state index is 0.283. The molecule has 3 aliphatic carbocycles. The van der Waals surface area contributed by atoms with Gasteiger partial charge >= 0.3 is 0 Å². The van der Waals surface area contributed by atoms with Gasteiger partial charge in [-0.25, -0.2) is 0 Å². The van der Waals surface area contributed by atoms with Gasteiger partial charge in [-0.3, -0.25) is 0 Å². The second-order valence-corrected chi connectivity index (χ2v) is 9.51. The summed E-state index contributed by atoms with van der Waals surface area (Å²) in [6.07, 6.45) is 19.1. The van der Waals surface area contributed by atoms with Crippen molar-refractivity contribution in [3.05, 3.63) is 88.8 Å². The zero-order valence-electron chi connectivity index (χ0n) is 17.5. The van der Waals surface area contributed by atoms with Crippen molar-refractivity contribution in [2.24, 2.45) is 11.3 Å². The summed E-state index contributed by atoms with van der Waals surface area (Å²) in [5.41, 5.74) is 9.97. The lowest BCUT2D eigenvalue weighted by atomic mass is 9.64. The van der Waals surface area contributed by atoms with E-state index >= 15 is 0 Å². The summed E-state index contributed by atoms with van der Waals surface area (Å²) < 4.78 is 0. The van der Waals surface area contributed by atoms with Crippen LogP contribution >= 0.6 is 0 Å². The predicted octanol–water partition coefficient (Wildman–Crippen LogP) is 6.67. The second-order valence-electron chi connectivity index (χ2n) is 9.51. The maximum Gasteiger partial charge on any atom is 0.00764 e. The van der Waals surface area contributed by atoms with Gasteiger partial charge in [0.2, 0.25) is 0 Å². The summed E-state index contributed by atoms with van der Waals surface area (Å²) >= 11 is 0. The Morgan fingerprint density at radius 1 is 1.21 bits per heavy atom. The first-order chi connectivity index (χ1) is 13.4. The number of hydrogen-bond donors (Lipinski definition) is 1. The van der Waals surface area contributed by atoms with Crippen molar-refractivity contribution in [3.63, 3.8) is 0 Å². The molecule has 0 spiro atoms. The fourth-order valence-electron chi connectivity index (χ4n) is 4.93. The standard InChI is InChI=1S/C27H33N/c1-19-9-10-22-15-24-17-26(27(3,4)18-25(24)16-23(22)13-19)14-20(2)28-12-11-21-7-5-6-8-21/h7,9-12,15-16,26,28H,1-2,5-6,8,13-14,17-18H2,3-4H3/b12-11+. The molecule has 1 unspecified atom stereocenters. The highest BCUT2D eigenvalue weighted by atomic mass is 14.8. The molecule has 0 fully saturated rings. The van der Waals surface area contributed by atoms with E-state index in [1.54, 1.807) is 0 Å². The Morgan fingerprint density at radius 2 is 2.07 bits per heavy atom. The Labute approximate surface area is 170 Å². The van der Waals surface area contributed by atoms with Crippen LogP contribution in [0, 0.1) is 11.3 Å². The van der Waals surface area contributed by atoms with Crippen LogP contribution in [0.15, 0.2) is 66.6 Å². The normalized spacial score (nSPS) is 22.7. The van der Waals surface area contributed by atoms with Crippen LogP contribution in [0.1, 0.15) is 61.8 Å². The second kappa shape index (κ2) is 7.62. The molecule has 0 saturated carbocycles.